The average molecular weight is 321 g/mol. The number of carbonyl (C=O) groups excluding carboxylic acids is 2. The maximum Gasteiger partial charge on any atom is 0.407 e. The predicted molar refractivity (Wildman–Crippen MR) is 89.9 cm³/mol. The number of nitrogens with two attached hydrogens (primary N) is 1. The number of ether oxygens (including phenoxy) is 1. The van der Waals surface area contributed by atoms with E-state index in [9.17, 15) is 9.59 Å². The lowest BCUT2D eigenvalue weighted by Crippen LogP contribution is -2.34. The average Bonchev–Trinajstić information content (AvgIpc) is 2.46. The van der Waals surface area contributed by atoms with Crippen molar-refractivity contribution in [3.63, 3.8) is 0 Å². The summed E-state index contributed by atoms with van der Waals surface area (Å²) in [4.78, 5) is 23.2. The van der Waals surface area contributed by atoms with Crippen molar-refractivity contribution in [3.05, 3.63) is 35.4 Å². The topological polar surface area (TPSA) is 93.5 Å². The van der Waals surface area contributed by atoms with Gasteiger partial charge in [0.1, 0.15) is 5.60 Å². The fourth-order valence-corrected chi connectivity index (χ4v) is 1.86. The van der Waals surface area contributed by atoms with Gasteiger partial charge in [0.25, 0.3) is 0 Å². The van der Waals surface area contributed by atoms with E-state index >= 15 is 0 Å². The van der Waals surface area contributed by atoms with Crippen LogP contribution >= 0.6 is 0 Å². The minimum Gasteiger partial charge on any atom is -0.444 e. The first-order valence-electron chi connectivity index (χ1n) is 7.81. The van der Waals surface area contributed by atoms with Crippen LogP contribution in [0.4, 0.5) is 4.79 Å². The minimum atomic E-state index is -0.502. The molecule has 23 heavy (non-hydrogen) atoms. The first-order valence-corrected chi connectivity index (χ1v) is 7.81. The normalized spacial score (nSPS) is 11.0. The molecule has 0 atom stereocenters. The molecule has 0 aliphatic rings. The number of hydrogen-bond acceptors (Lipinski definition) is 4. The molecule has 0 aliphatic heterocycles. The number of alkyl carbamates (subject to hydrolysis) is 1. The van der Waals surface area contributed by atoms with Crippen LogP contribution in [0.1, 0.15) is 38.3 Å². The zero-order valence-electron chi connectivity index (χ0n) is 14.1. The Balaban J connectivity index is 2.15. The van der Waals surface area contributed by atoms with Gasteiger partial charge in [0.15, 0.2) is 0 Å². The first kappa shape index (κ1) is 19.0. The number of carbonyl (C=O) groups is 2. The van der Waals surface area contributed by atoms with Crippen LogP contribution in [0.25, 0.3) is 0 Å². The monoisotopic (exact) mass is 321 g/mol. The molecule has 0 bridgehead atoms. The van der Waals surface area contributed by atoms with Gasteiger partial charge >= 0.3 is 6.09 Å². The van der Waals surface area contributed by atoms with Gasteiger partial charge < -0.3 is 21.1 Å². The maximum atomic E-state index is 11.8. The first-order chi connectivity index (χ1) is 10.8. The summed E-state index contributed by atoms with van der Waals surface area (Å²) in [5.41, 5.74) is 7.02. The molecule has 1 aromatic rings. The van der Waals surface area contributed by atoms with Crippen LogP contribution in [-0.2, 0) is 22.5 Å². The van der Waals surface area contributed by atoms with Crippen molar-refractivity contribution < 1.29 is 14.3 Å². The highest BCUT2D eigenvalue weighted by Crippen LogP contribution is 2.06. The van der Waals surface area contributed by atoms with E-state index in [-0.39, 0.29) is 5.91 Å². The van der Waals surface area contributed by atoms with Crippen LogP contribution in [0.5, 0.6) is 0 Å². The summed E-state index contributed by atoms with van der Waals surface area (Å²) in [7, 11) is 0. The highest BCUT2D eigenvalue weighted by molar-refractivity contribution is 5.78. The van der Waals surface area contributed by atoms with Gasteiger partial charge in [-0.25, -0.2) is 4.79 Å². The third-order valence-electron chi connectivity index (χ3n) is 2.97. The molecule has 6 heteroatoms. The van der Waals surface area contributed by atoms with Gasteiger partial charge in [-0.2, -0.15) is 0 Å². The number of nitrogens with one attached hydrogen (secondary N) is 2. The Morgan fingerprint density at radius 1 is 1.04 bits per heavy atom. The Hall–Kier alpha value is -2.08. The molecule has 0 fully saturated rings. The number of benzene rings is 1. The molecule has 0 heterocycles. The van der Waals surface area contributed by atoms with E-state index in [1.165, 1.54) is 0 Å². The van der Waals surface area contributed by atoms with E-state index in [1.54, 1.807) is 0 Å². The van der Waals surface area contributed by atoms with Crippen LogP contribution in [0.2, 0.25) is 0 Å². The lowest BCUT2D eigenvalue weighted by Gasteiger charge is -2.19. The second-order valence-electron chi connectivity index (χ2n) is 6.33. The van der Waals surface area contributed by atoms with E-state index in [1.807, 2.05) is 45.0 Å². The van der Waals surface area contributed by atoms with Crippen LogP contribution in [-0.4, -0.2) is 30.7 Å². The van der Waals surface area contributed by atoms with Crippen molar-refractivity contribution >= 4 is 12.0 Å². The Labute approximate surface area is 137 Å². The van der Waals surface area contributed by atoms with Crippen molar-refractivity contribution in [3.8, 4) is 0 Å². The highest BCUT2D eigenvalue weighted by Gasteiger charge is 2.15. The Morgan fingerprint density at radius 3 is 2.17 bits per heavy atom. The molecule has 0 saturated heterocycles. The minimum absolute atomic E-state index is 0.0391. The van der Waals surface area contributed by atoms with Gasteiger partial charge in [0.2, 0.25) is 5.91 Å². The number of rotatable bonds is 7. The van der Waals surface area contributed by atoms with Crippen LogP contribution in [0.15, 0.2) is 24.3 Å². The molecule has 0 aliphatic carbocycles. The van der Waals surface area contributed by atoms with E-state index < -0.39 is 11.7 Å². The molecule has 0 aromatic heterocycles. The molecule has 0 unspecified atom stereocenters. The van der Waals surface area contributed by atoms with Crippen molar-refractivity contribution in [1.82, 2.24) is 10.6 Å². The molecule has 2 amide bonds. The molecular weight excluding hydrogens is 294 g/mol. The molecular formula is C17H27N3O3. The molecule has 1 aromatic carbocycles. The molecule has 4 N–H and O–H groups in total. The van der Waals surface area contributed by atoms with Gasteiger partial charge in [0.05, 0.1) is 6.42 Å². The van der Waals surface area contributed by atoms with E-state index in [2.05, 4.69) is 10.6 Å². The smallest absolute Gasteiger partial charge is 0.407 e. The lowest BCUT2D eigenvalue weighted by atomic mass is 10.1. The molecule has 0 spiro atoms. The van der Waals surface area contributed by atoms with Crippen LogP contribution < -0.4 is 16.4 Å². The SMILES string of the molecule is CC(C)(C)OC(=O)NCCCNC(=O)Cc1ccc(CN)cc1. The molecule has 0 saturated carbocycles. The zero-order chi connectivity index (χ0) is 17.3. The van der Waals surface area contributed by atoms with E-state index in [4.69, 9.17) is 10.5 Å². The van der Waals surface area contributed by atoms with Crippen LogP contribution in [0, 0.1) is 0 Å². The van der Waals surface area contributed by atoms with Gasteiger partial charge in [-0.1, -0.05) is 24.3 Å². The maximum absolute atomic E-state index is 11.8. The predicted octanol–water partition coefficient (Wildman–Crippen LogP) is 1.72. The summed E-state index contributed by atoms with van der Waals surface area (Å²) in [6.45, 7) is 6.90. The summed E-state index contributed by atoms with van der Waals surface area (Å²) >= 11 is 0. The Morgan fingerprint density at radius 2 is 1.61 bits per heavy atom. The van der Waals surface area contributed by atoms with Gasteiger partial charge in [-0.3, -0.25) is 4.79 Å². The van der Waals surface area contributed by atoms with E-state index in [0.717, 1.165) is 11.1 Å². The fraction of sp³-hybridized carbons (Fsp3) is 0.529. The quantitative estimate of drug-likeness (QED) is 0.667. The third kappa shape index (κ3) is 8.83. The van der Waals surface area contributed by atoms with Crippen molar-refractivity contribution in [1.29, 1.82) is 0 Å². The largest absolute Gasteiger partial charge is 0.444 e. The fourth-order valence-electron chi connectivity index (χ4n) is 1.86. The molecule has 0 radical (unpaired) electrons. The molecule has 6 nitrogen and oxygen atoms in total. The third-order valence-corrected chi connectivity index (χ3v) is 2.97. The molecule has 1 rings (SSSR count). The second-order valence-corrected chi connectivity index (χ2v) is 6.33. The van der Waals surface area contributed by atoms with Gasteiger partial charge in [0, 0.05) is 19.6 Å². The summed E-state index contributed by atoms with van der Waals surface area (Å²) in [6, 6.07) is 7.67. The standard InChI is InChI=1S/C17H27N3O3/c1-17(2,3)23-16(22)20-10-4-9-19-15(21)11-13-5-7-14(12-18)8-6-13/h5-8H,4,9-12,18H2,1-3H3,(H,19,21)(H,20,22). The second kappa shape index (κ2) is 9.15. The number of amides is 2. The highest BCUT2D eigenvalue weighted by atomic mass is 16.6. The van der Waals surface area contributed by atoms with Crippen molar-refractivity contribution in [2.45, 2.75) is 45.8 Å². The van der Waals surface area contributed by atoms with Crippen LogP contribution in [0.3, 0.4) is 0 Å². The van der Waals surface area contributed by atoms with Gasteiger partial charge in [-0.15, -0.1) is 0 Å². The lowest BCUT2D eigenvalue weighted by molar-refractivity contribution is -0.120. The van der Waals surface area contributed by atoms with E-state index in [0.29, 0.717) is 32.5 Å². The zero-order valence-corrected chi connectivity index (χ0v) is 14.1. The Bertz CT molecular complexity index is 507. The van der Waals surface area contributed by atoms with Gasteiger partial charge in [-0.05, 0) is 38.3 Å². The van der Waals surface area contributed by atoms with Crippen molar-refractivity contribution in [2.75, 3.05) is 13.1 Å². The number of hydrogen-bond donors (Lipinski definition) is 3. The summed E-state index contributed by atoms with van der Waals surface area (Å²) in [5, 5.41) is 5.48. The summed E-state index contributed by atoms with van der Waals surface area (Å²) in [6.07, 6.45) is 0.547. The van der Waals surface area contributed by atoms with Crippen molar-refractivity contribution in [2.24, 2.45) is 5.73 Å². The Kier molecular flexibility index (Phi) is 7.54. The summed E-state index contributed by atoms with van der Waals surface area (Å²) in [5.74, 6) is -0.0391. The molecule has 128 valence electrons. The summed E-state index contributed by atoms with van der Waals surface area (Å²) < 4.78 is 5.12.